The Morgan fingerprint density at radius 3 is 1.07 bits per heavy atom. The van der Waals surface area contributed by atoms with Crippen molar-refractivity contribution in [3.05, 3.63) is 450 Å². The van der Waals surface area contributed by atoms with Crippen molar-refractivity contribution in [2.24, 2.45) is 0 Å². The van der Waals surface area contributed by atoms with E-state index in [2.05, 4.69) is 76.3 Å². The standard InChI is InChI=1S/3C29H25N2O.C14H14N.C12H10N.C11H8N.3Ir/c1-19-10-16-25-24-8-5-9-26(28(24)32-29(25)31-19)27-17-15-23(18-30-27)22-13-11-21(12-14-22)20-6-3-2-4-7-20;2*1-19-10-15-25-24-8-5-9-26(28(24)32-29(25)31-19)27-18-23(16-17-30-27)22-13-11-21(12-14-22)20-6-3-2-4-7-20;1-10-4-6-13(7-5-10)14-8-11(2)12(3)9-15-14;1-10-7-8-12(13-9-10)11-5-3-2-4-6-11;1-2-6-10(7-3-1)11-8-4-5-9-12-11;;;/h3*2-8,10,15-18,21-22H,11-14H2,1H3;4-6,8-9H,1-3H3;2-5,7-9H,1H3;1-6,8-9H;;;/q6*-1;;;/i21D,22D;2*1D3,21D,22D;1D3,3D3;1D3;;;;. The summed E-state index contributed by atoms with van der Waals surface area (Å²) in [6, 6.07) is 113. The maximum Gasteiger partial charge on any atom is 0.216 e. The Labute approximate surface area is 885 Å². The molecule has 12 heterocycles. The Morgan fingerprint density at radius 1 is 0.266 bits per heavy atom. The number of hydrogen-bond acceptors (Lipinski definition) is 12. The zero-order chi connectivity index (χ0) is 111. The van der Waals surface area contributed by atoms with Crippen LogP contribution in [0.15, 0.2) is 354 Å². The van der Waals surface area contributed by atoms with E-state index in [0.717, 1.165) is 111 Å². The van der Waals surface area contributed by atoms with Gasteiger partial charge in [-0.15, -0.1) is 162 Å². The molecule has 0 atom stereocenters. The molecular weight excluding hydrogens is 2240 g/mol. The third-order valence-corrected chi connectivity index (χ3v) is 24.8. The molecule has 15 heteroatoms. The Morgan fingerprint density at radius 2 is 0.669 bits per heavy atom. The van der Waals surface area contributed by atoms with Crippen molar-refractivity contribution < 1.29 is 102 Å². The predicted octanol–water partition coefficient (Wildman–Crippen LogP) is 31.7. The Kier molecular flexibility index (Phi) is 25.2. The van der Waals surface area contributed by atoms with Crippen molar-refractivity contribution in [1.82, 2.24) is 44.9 Å². The number of aromatic nitrogens is 9. The van der Waals surface area contributed by atoms with E-state index in [1.165, 1.54) is 36.7 Å². The summed E-state index contributed by atoms with van der Waals surface area (Å²) in [7, 11) is 0. The Bertz CT molecular complexity index is 8320. The first-order valence-electron chi connectivity index (χ1n) is 56.0. The molecule has 21 aromatic rings. The van der Waals surface area contributed by atoms with E-state index in [4.69, 9.17) is 44.3 Å². The van der Waals surface area contributed by atoms with Crippen LogP contribution in [0.1, 0.15) is 214 Å². The smallest absolute Gasteiger partial charge is 0.216 e. The first kappa shape index (κ1) is 74.7. The van der Waals surface area contributed by atoms with Gasteiger partial charge in [0.25, 0.3) is 0 Å². The van der Waals surface area contributed by atoms with E-state index in [1.54, 1.807) is 80.1 Å². The second-order valence-corrected chi connectivity index (χ2v) is 33.6. The molecule has 0 spiro atoms. The molecule has 139 heavy (non-hydrogen) atoms. The summed E-state index contributed by atoms with van der Waals surface area (Å²) in [4.78, 5) is 39.4. The predicted molar refractivity (Wildman–Crippen MR) is 551 cm³/mol. The largest absolute Gasteiger partial charge is 0.486 e. The summed E-state index contributed by atoms with van der Waals surface area (Å²) in [5.74, 6) is -4.30. The Balaban J connectivity index is 0.000000140. The van der Waals surface area contributed by atoms with E-state index in [-0.39, 0.29) is 99.8 Å². The Hall–Kier alpha value is -13.3. The molecule has 0 N–H and O–H groups in total. The minimum absolute atomic E-state index is 0. The molecule has 3 saturated carbocycles. The second-order valence-electron chi connectivity index (χ2n) is 33.6. The van der Waals surface area contributed by atoms with E-state index in [1.807, 2.05) is 238 Å². The van der Waals surface area contributed by atoms with Gasteiger partial charge in [0.2, 0.25) is 17.1 Å². The maximum atomic E-state index is 9.28. The average molecular weight is 2370 g/mol. The minimum Gasteiger partial charge on any atom is -0.486 e. The van der Waals surface area contributed by atoms with Crippen molar-refractivity contribution in [2.75, 3.05) is 0 Å². The van der Waals surface area contributed by atoms with Gasteiger partial charge in [-0.1, -0.05) is 202 Å². The number of fused-ring (bicyclic) bond motifs is 9. The minimum atomic E-state index is -2.32. The van der Waals surface area contributed by atoms with Crippen LogP contribution in [0.5, 0.6) is 0 Å². The van der Waals surface area contributed by atoms with E-state index >= 15 is 0 Å². The average Bonchev–Trinajstić information content (AvgIpc) is 1.57. The van der Waals surface area contributed by atoms with Crippen molar-refractivity contribution >= 4 is 66.2 Å². The molecule has 3 fully saturated rings. The van der Waals surface area contributed by atoms with Gasteiger partial charge in [-0.25, -0.2) is 15.0 Å². The molecule has 0 bridgehead atoms. The summed E-state index contributed by atoms with van der Waals surface area (Å²) in [5.41, 5.74) is 19.7. The molecule has 0 saturated heterocycles. The monoisotopic (exact) mass is 2370 g/mol. The van der Waals surface area contributed by atoms with E-state index in [0.29, 0.717) is 133 Å². The number of rotatable bonds is 12. The normalized spacial score (nSPS) is 21.8. The molecule has 0 aliphatic heterocycles. The molecule has 24 rings (SSSR count). The van der Waals surface area contributed by atoms with Gasteiger partial charge in [-0.2, -0.15) is 0 Å². The number of pyridine rings is 9. The van der Waals surface area contributed by atoms with Gasteiger partial charge in [-0.3, -0.25) is 0 Å². The van der Waals surface area contributed by atoms with Gasteiger partial charge >= 0.3 is 0 Å². The zero-order valence-corrected chi connectivity index (χ0v) is 83.3. The number of aryl methyl sites for hydroxylation is 7. The van der Waals surface area contributed by atoms with Crippen LogP contribution < -0.4 is 0 Å². The van der Waals surface area contributed by atoms with Crippen LogP contribution in [0.4, 0.5) is 0 Å². The number of benzene rings is 9. The number of nitrogens with zero attached hydrogens (tertiary/aromatic N) is 9. The molecule has 12 nitrogen and oxygen atoms in total. The van der Waals surface area contributed by atoms with Gasteiger partial charge < -0.3 is 43.2 Å². The first-order valence-corrected chi connectivity index (χ1v) is 45.5. The van der Waals surface area contributed by atoms with Gasteiger partial charge in [0.05, 0.1) is 16.7 Å². The van der Waals surface area contributed by atoms with Crippen molar-refractivity contribution in [3.63, 3.8) is 0 Å². The number of furan rings is 3. The fourth-order valence-electron chi connectivity index (χ4n) is 17.6. The van der Waals surface area contributed by atoms with Crippen LogP contribution in [-0.4, -0.2) is 44.9 Å². The van der Waals surface area contributed by atoms with Crippen LogP contribution in [0.3, 0.4) is 0 Å². The summed E-state index contributed by atoms with van der Waals surface area (Å²) in [6.07, 6.45) is 17.1. The fraction of sp³-hybridized carbons (Fsp3) is 0.202. The summed E-state index contributed by atoms with van der Waals surface area (Å²) < 4.78 is 185. The van der Waals surface area contributed by atoms with Crippen LogP contribution >= 0.6 is 0 Å². The molecule has 3 radical (unpaired) electrons. The van der Waals surface area contributed by atoms with Gasteiger partial charge in [0, 0.05) is 160 Å². The molecule has 699 valence electrons. The third kappa shape index (κ3) is 23.8. The van der Waals surface area contributed by atoms with Crippen LogP contribution in [0.25, 0.3) is 134 Å². The molecule has 0 amide bonds. The molecule has 3 aliphatic rings. The summed E-state index contributed by atoms with van der Waals surface area (Å²) in [5, 5.41) is 5.05. The zero-order valence-electron chi connectivity index (χ0n) is 97.1. The molecule has 12 aromatic heterocycles. The van der Waals surface area contributed by atoms with E-state index < -0.39 is 69.6 Å². The first-order chi connectivity index (χ1) is 74.9. The molecular formula is C124H107Ir3N9O3-6. The van der Waals surface area contributed by atoms with E-state index in [9.17, 15) is 2.74 Å². The summed E-state index contributed by atoms with van der Waals surface area (Å²) >= 11 is 0. The van der Waals surface area contributed by atoms with Crippen molar-refractivity contribution in [3.8, 4) is 67.5 Å². The summed E-state index contributed by atoms with van der Waals surface area (Å²) in [6.45, 7) is -7.43. The number of hydrogen-bond donors (Lipinski definition) is 0. The van der Waals surface area contributed by atoms with Crippen molar-refractivity contribution in [1.29, 1.82) is 0 Å². The molecule has 9 aromatic carbocycles. The van der Waals surface area contributed by atoms with Gasteiger partial charge in [0.1, 0.15) is 0 Å². The van der Waals surface area contributed by atoms with Gasteiger partial charge in [0.15, 0.2) is 0 Å². The fourth-order valence-corrected chi connectivity index (χ4v) is 17.6. The molecule has 0 unspecified atom stereocenters. The topological polar surface area (TPSA) is 155 Å². The van der Waals surface area contributed by atoms with Crippen LogP contribution in [-0.2, 0) is 60.3 Å². The van der Waals surface area contributed by atoms with Crippen LogP contribution in [0, 0.1) is 84.5 Å². The van der Waals surface area contributed by atoms with Crippen molar-refractivity contribution in [2.45, 2.75) is 161 Å². The van der Waals surface area contributed by atoms with Gasteiger partial charge in [-0.05, 0) is 276 Å². The molecule has 3 aliphatic carbocycles. The van der Waals surface area contributed by atoms with Crippen LogP contribution in [0.2, 0.25) is 0 Å². The second kappa shape index (κ2) is 46.9. The quantitative estimate of drug-likeness (QED) is 0.107. The third-order valence-electron chi connectivity index (χ3n) is 24.8. The SMILES string of the molecule is [2H]C([2H])([2H])c1c[c-]c(-c2cc(C)c(C([2H])([2H])[2H])cn2)cc1.[2H]C([2H])([2H])c1ccc(-c2[c-]cccc2)nc1.[2H]C([2H])([2H])c1ccc2c(n1)oc1c(-c3cc(C4([2H])CCC([2H])(c5ccccc5)CC4)ccn3)[c-]ccc12.[2H]C([2H])([2H])c1ccc2c(n1)oc1c(-c3cc(C4([2H])CCC([2H])(c5ccccc5)CC4)ccn3)[c-]ccc12.[2H]C1(c2ccccc2)CCC([2H])(c2ccc(-c3[c-]ccc4c3oc3nc(C)ccc34)nc2)CC1.[Ir].[Ir].[Ir].[c-]1ccccc1-c1ccccn1. The maximum absolute atomic E-state index is 9.28.